The Kier molecular flexibility index (Phi) is 6.50. The molecule has 0 heterocycles. The minimum atomic E-state index is -4.17. The van der Waals surface area contributed by atoms with Crippen LogP contribution in [-0.4, -0.2) is 18.2 Å². The van der Waals surface area contributed by atoms with Crippen molar-refractivity contribution in [1.29, 1.82) is 5.26 Å². The molecule has 1 atom stereocenters. The molecule has 0 radical (unpaired) electrons. The van der Waals surface area contributed by atoms with Crippen LogP contribution in [0.2, 0.25) is 0 Å². The lowest BCUT2D eigenvalue weighted by Gasteiger charge is -2.04. The molecule has 0 aromatic carbocycles. The van der Waals surface area contributed by atoms with E-state index in [1.165, 1.54) is 0 Å². The molecule has 82 valence electrons. The van der Waals surface area contributed by atoms with Crippen LogP contribution >= 0.6 is 0 Å². The van der Waals surface area contributed by atoms with Gasteiger partial charge in [0.1, 0.15) is 0 Å². The summed E-state index contributed by atoms with van der Waals surface area (Å²) in [5.41, 5.74) is 0. The lowest BCUT2D eigenvalue weighted by Crippen LogP contribution is -2.18. The molecule has 0 saturated carbocycles. The first-order valence-corrected chi connectivity index (χ1v) is 6.38. The third kappa shape index (κ3) is 5.95. The van der Waals surface area contributed by atoms with Gasteiger partial charge in [0.05, 0.1) is 6.07 Å². The summed E-state index contributed by atoms with van der Waals surface area (Å²) in [6, 6.07) is 1.59. The molecule has 14 heavy (non-hydrogen) atoms. The van der Waals surface area contributed by atoms with E-state index in [1.54, 1.807) is 6.07 Å². The van der Waals surface area contributed by atoms with Crippen LogP contribution in [0.5, 0.6) is 0 Å². The second-order valence-electron chi connectivity index (χ2n) is 3.34. The molecule has 0 rings (SSSR count). The second kappa shape index (κ2) is 6.80. The Labute approximate surface area is 85.7 Å². The molecule has 1 N–H and O–H groups in total. The van der Waals surface area contributed by atoms with E-state index in [9.17, 15) is 8.42 Å². The molecule has 0 aliphatic heterocycles. The van der Waals surface area contributed by atoms with Crippen LogP contribution in [0.3, 0.4) is 0 Å². The molecule has 0 aromatic rings. The van der Waals surface area contributed by atoms with E-state index in [0.29, 0.717) is 6.42 Å². The van der Waals surface area contributed by atoms with E-state index < -0.39 is 15.4 Å². The molecule has 0 bridgehead atoms. The van der Waals surface area contributed by atoms with Crippen LogP contribution in [0.15, 0.2) is 0 Å². The van der Waals surface area contributed by atoms with Crippen LogP contribution in [-0.2, 0) is 10.1 Å². The molecule has 0 spiro atoms. The summed E-state index contributed by atoms with van der Waals surface area (Å²) in [4.78, 5) is 0. The quantitative estimate of drug-likeness (QED) is 0.525. The van der Waals surface area contributed by atoms with E-state index in [2.05, 4.69) is 6.92 Å². The predicted octanol–water partition coefficient (Wildman–Crippen LogP) is 2.13. The highest BCUT2D eigenvalue weighted by Crippen LogP contribution is 2.11. The summed E-state index contributed by atoms with van der Waals surface area (Å²) >= 11 is 0. The van der Waals surface area contributed by atoms with E-state index >= 15 is 0 Å². The fourth-order valence-corrected chi connectivity index (χ4v) is 1.81. The second-order valence-corrected chi connectivity index (χ2v) is 4.93. The monoisotopic (exact) mass is 219 g/mol. The van der Waals surface area contributed by atoms with Gasteiger partial charge >= 0.3 is 0 Å². The number of nitriles is 1. The van der Waals surface area contributed by atoms with Crippen molar-refractivity contribution in [3.05, 3.63) is 0 Å². The van der Waals surface area contributed by atoms with Crippen molar-refractivity contribution in [1.82, 2.24) is 0 Å². The van der Waals surface area contributed by atoms with Crippen molar-refractivity contribution >= 4 is 10.1 Å². The maximum absolute atomic E-state index is 10.6. The van der Waals surface area contributed by atoms with Crippen molar-refractivity contribution < 1.29 is 13.0 Å². The van der Waals surface area contributed by atoms with Crippen molar-refractivity contribution in [2.45, 2.75) is 50.7 Å². The molecule has 0 amide bonds. The molecule has 0 saturated heterocycles. The number of hydrogen-bond acceptors (Lipinski definition) is 3. The largest absolute Gasteiger partial charge is 0.285 e. The zero-order chi connectivity index (χ0) is 11.0. The van der Waals surface area contributed by atoms with Crippen LogP contribution in [0.4, 0.5) is 0 Å². The van der Waals surface area contributed by atoms with Gasteiger partial charge in [-0.2, -0.15) is 13.7 Å². The number of rotatable bonds is 7. The van der Waals surface area contributed by atoms with Gasteiger partial charge in [0.25, 0.3) is 10.1 Å². The van der Waals surface area contributed by atoms with Gasteiger partial charge in [-0.1, -0.05) is 39.0 Å². The molecular weight excluding hydrogens is 202 g/mol. The molecule has 0 aliphatic carbocycles. The number of nitrogens with zero attached hydrogens (tertiary/aromatic N) is 1. The maximum atomic E-state index is 10.6. The normalized spacial score (nSPS) is 13.5. The first-order valence-electron chi connectivity index (χ1n) is 4.88. The Morgan fingerprint density at radius 3 is 2.29 bits per heavy atom. The van der Waals surface area contributed by atoms with Gasteiger partial charge in [-0.3, -0.25) is 4.55 Å². The third-order valence-corrected chi connectivity index (χ3v) is 3.13. The van der Waals surface area contributed by atoms with Crippen molar-refractivity contribution in [3.63, 3.8) is 0 Å². The summed E-state index contributed by atoms with van der Waals surface area (Å²) in [7, 11) is -4.17. The van der Waals surface area contributed by atoms with Gasteiger partial charge in [-0.05, 0) is 6.42 Å². The van der Waals surface area contributed by atoms with Gasteiger partial charge in [-0.15, -0.1) is 0 Å². The van der Waals surface area contributed by atoms with Crippen LogP contribution in [0.1, 0.15) is 45.4 Å². The molecule has 5 heteroatoms. The highest BCUT2D eigenvalue weighted by Gasteiger charge is 2.21. The van der Waals surface area contributed by atoms with E-state index in [0.717, 1.165) is 25.7 Å². The average molecular weight is 219 g/mol. The van der Waals surface area contributed by atoms with E-state index in [1.807, 2.05) is 0 Å². The topological polar surface area (TPSA) is 78.2 Å². The fraction of sp³-hybridized carbons (Fsp3) is 0.889. The first kappa shape index (κ1) is 13.4. The van der Waals surface area contributed by atoms with Crippen molar-refractivity contribution in [3.8, 4) is 6.07 Å². The lowest BCUT2D eigenvalue weighted by molar-refractivity contribution is 0.469. The summed E-state index contributed by atoms with van der Waals surface area (Å²) in [5, 5.41) is 7.23. The zero-order valence-corrected chi connectivity index (χ0v) is 9.26. The van der Waals surface area contributed by atoms with Crippen molar-refractivity contribution in [2.75, 3.05) is 0 Å². The highest BCUT2D eigenvalue weighted by atomic mass is 32.2. The zero-order valence-electron chi connectivity index (χ0n) is 8.44. The van der Waals surface area contributed by atoms with Gasteiger partial charge < -0.3 is 0 Å². The predicted molar refractivity (Wildman–Crippen MR) is 54.3 cm³/mol. The fourth-order valence-electron chi connectivity index (χ4n) is 1.21. The third-order valence-electron chi connectivity index (χ3n) is 2.07. The molecule has 1 unspecified atom stereocenters. The van der Waals surface area contributed by atoms with Gasteiger partial charge in [0, 0.05) is 0 Å². The Bertz CT molecular complexity index is 279. The average Bonchev–Trinajstić information content (AvgIpc) is 2.09. The van der Waals surface area contributed by atoms with Crippen LogP contribution < -0.4 is 0 Å². The van der Waals surface area contributed by atoms with Gasteiger partial charge in [0.2, 0.25) is 0 Å². The maximum Gasteiger partial charge on any atom is 0.281 e. The Hall–Kier alpha value is -0.600. The van der Waals surface area contributed by atoms with Crippen molar-refractivity contribution in [2.24, 2.45) is 0 Å². The number of unbranched alkanes of at least 4 members (excludes halogenated alkanes) is 4. The van der Waals surface area contributed by atoms with E-state index in [-0.39, 0.29) is 6.42 Å². The van der Waals surface area contributed by atoms with E-state index in [4.69, 9.17) is 9.81 Å². The minimum absolute atomic E-state index is 0.235. The Balaban J connectivity index is 3.72. The molecule has 0 fully saturated rings. The molecular formula is C9H17NO3S. The molecule has 4 nitrogen and oxygen atoms in total. The summed E-state index contributed by atoms with van der Waals surface area (Å²) in [5.74, 6) is 0. The summed E-state index contributed by atoms with van der Waals surface area (Å²) in [6.45, 7) is 2.09. The van der Waals surface area contributed by atoms with Crippen LogP contribution in [0, 0.1) is 11.3 Å². The summed E-state index contributed by atoms with van der Waals surface area (Å²) in [6.07, 6.45) is 5.14. The Morgan fingerprint density at radius 1 is 1.29 bits per heavy atom. The summed E-state index contributed by atoms with van der Waals surface area (Å²) < 4.78 is 29.9. The SMILES string of the molecule is CCCCCCCC(C#N)S(=O)(=O)O. The minimum Gasteiger partial charge on any atom is -0.285 e. The lowest BCUT2D eigenvalue weighted by atomic mass is 10.1. The molecule has 0 aliphatic rings. The first-order chi connectivity index (χ1) is 6.52. The van der Waals surface area contributed by atoms with Crippen LogP contribution in [0.25, 0.3) is 0 Å². The van der Waals surface area contributed by atoms with Gasteiger partial charge in [0.15, 0.2) is 5.25 Å². The number of hydrogen-bond donors (Lipinski definition) is 1. The Morgan fingerprint density at radius 2 is 1.86 bits per heavy atom. The molecule has 0 aromatic heterocycles. The van der Waals surface area contributed by atoms with Gasteiger partial charge in [-0.25, -0.2) is 0 Å². The highest BCUT2D eigenvalue weighted by molar-refractivity contribution is 7.86. The standard InChI is InChI=1S/C9H17NO3S/c1-2-3-4-5-6-7-9(8-10)14(11,12)13/h9H,2-7H2,1H3,(H,11,12,13). The smallest absolute Gasteiger partial charge is 0.281 e.